The predicted molar refractivity (Wildman–Crippen MR) is 326 cm³/mol. The topological polar surface area (TPSA) is 324 Å². The van der Waals surface area contributed by atoms with Gasteiger partial charge in [0.25, 0.3) is 17.7 Å². The van der Waals surface area contributed by atoms with Crippen LogP contribution in [-0.2, 0) is 63.7 Å². The molecule has 486 valence electrons. The minimum absolute atomic E-state index is 0.00925. The first-order valence-corrected chi connectivity index (χ1v) is 30.5. The highest BCUT2D eigenvalue weighted by Crippen LogP contribution is 2.32. The summed E-state index contributed by atoms with van der Waals surface area (Å²) in [6.45, 7) is 15.2. The van der Waals surface area contributed by atoms with Gasteiger partial charge in [-0.3, -0.25) is 43.3 Å². The molecular weight excluding hydrogens is 1150 g/mol. The van der Waals surface area contributed by atoms with E-state index in [0.29, 0.717) is 43.6 Å². The Hall–Kier alpha value is -6.96. The lowest BCUT2D eigenvalue weighted by Crippen LogP contribution is -2.60. The molecule has 1 unspecified atom stereocenters. The van der Waals surface area contributed by atoms with Crippen molar-refractivity contribution in [3.63, 3.8) is 0 Å². The second-order valence-corrected chi connectivity index (χ2v) is 23.4. The molecule has 0 bridgehead atoms. The van der Waals surface area contributed by atoms with Crippen LogP contribution in [0.25, 0.3) is 0 Å². The molecule has 1 aromatic heterocycles. The summed E-state index contributed by atoms with van der Waals surface area (Å²) in [6.07, 6.45) is 0.396. The van der Waals surface area contributed by atoms with Crippen molar-refractivity contribution in [1.29, 1.82) is 0 Å². The molecule has 7 amide bonds. The lowest BCUT2D eigenvalue weighted by Gasteiger charge is -2.38. The zero-order chi connectivity index (χ0) is 64.6. The number of hydrogen-bond donors (Lipinski definition) is 7. The number of likely N-dealkylation sites (N-methyl/N-ethyl adjacent to an activating group) is 2. The first kappa shape index (κ1) is 74.3. The molecule has 27 heteroatoms. The van der Waals surface area contributed by atoms with Gasteiger partial charge in [0.2, 0.25) is 17.7 Å². The van der Waals surface area contributed by atoms with Crippen molar-refractivity contribution in [2.45, 2.75) is 130 Å². The molecule has 26 nitrogen and oxygen atoms in total. The SMILES string of the molecule is CC[C@H](C)[C@H](NC(=O)C(C)(C)N(C)C)C(=O)N(C)[C@H](C[C@@H](OC(=O)N(C)C)c1nc(C(=O)N[C@@H](Cc2ccc3c(c2)NCCCCNC(=O)CCOCCOCCNC(=O)C#CC(=O)NCCOCCOCCC(=O)O3)CC(C)C(=O)O)cs1)C(C)C. The normalized spacial score (nSPS) is 17.7. The molecule has 0 radical (unpaired) electrons. The number of thiazole rings is 1. The average Bonchev–Trinajstić information content (AvgIpc) is 2.76. The standard InChI is InChI=1S/C60H94N10O16S/c1-13-40(4)53(67-58(79)60(6,7)69(10)11)56(76)70(12)46(39(2)3)37-48(86-59(80)68(8)9)55-66-45(38-87-55)54(75)65-43(34-41(5)57(77)78)35-42-16-17-47-44(36-42)61-22-14-15-23-62-51(73)20-26-81-30-32-83-28-24-63-49(71)18-19-50(72)64-25-29-84-33-31-82-27-21-52(74)85-47/h16-17,36,38-41,43,46,48,53,61H,13-15,20-35,37H2,1-12H3,(H,62,73)(H,63,71)(H,64,72)(H,65,75)(H,67,79)(H,77,78)/t40-,41?,43+,46+,48+,53-/m0/s1. The number of carbonyl (C=O) groups excluding carboxylic acids is 8. The number of carbonyl (C=O) groups is 9. The quantitative estimate of drug-likeness (QED) is 0.0602. The van der Waals surface area contributed by atoms with Crippen molar-refractivity contribution >= 4 is 70.5 Å². The molecule has 2 aromatic rings. The van der Waals surface area contributed by atoms with Crippen molar-refractivity contribution in [3.05, 3.63) is 39.8 Å². The lowest BCUT2D eigenvalue weighted by molar-refractivity contribution is -0.142. The van der Waals surface area contributed by atoms with Gasteiger partial charge in [0, 0.05) is 89.5 Å². The number of rotatable bonds is 19. The third-order valence-electron chi connectivity index (χ3n) is 14.6. The van der Waals surface area contributed by atoms with E-state index in [4.69, 9.17) is 28.4 Å². The highest BCUT2D eigenvalue weighted by atomic mass is 32.1. The molecule has 0 saturated carbocycles. The Balaban J connectivity index is 1.85. The van der Waals surface area contributed by atoms with E-state index in [2.05, 4.69) is 48.7 Å². The largest absolute Gasteiger partial charge is 0.481 e. The minimum atomic E-state index is -1.07. The number of benzene rings is 1. The molecular formula is C60H94N10O16S. The number of hydrogen-bond acceptors (Lipinski definition) is 19. The summed E-state index contributed by atoms with van der Waals surface area (Å²) in [7, 11) is 8.31. The number of nitrogens with zero attached hydrogens (tertiary/aromatic N) is 4. The van der Waals surface area contributed by atoms with Gasteiger partial charge in [0.05, 0.1) is 76.4 Å². The molecule has 7 N–H and O–H groups in total. The van der Waals surface area contributed by atoms with Gasteiger partial charge in [-0.25, -0.2) is 9.78 Å². The van der Waals surface area contributed by atoms with Crippen LogP contribution >= 0.6 is 11.3 Å². The zero-order valence-electron chi connectivity index (χ0n) is 52.8. The highest BCUT2D eigenvalue weighted by Gasteiger charge is 2.39. The number of ether oxygens (including phenoxy) is 6. The minimum Gasteiger partial charge on any atom is -0.481 e. The predicted octanol–water partition coefficient (Wildman–Crippen LogP) is 3.39. The fourth-order valence-electron chi connectivity index (χ4n) is 8.45. The Bertz CT molecular complexity index is 2620. The average molecular weight is 1240 g/mol. The number of nitrogens with one attached hydrogen (secondary N) is 6. The van der Waals surface area contributed by atoms with Crippen molar-refractivity contribution in [2.24, 2.45) is 17.8 Å². The van der Waals surface area contributed by atoms with E-state index in [1.54, 1.807) is 63.0 Å². The van der Waals surface area contributed by atoms with E-state index in [1.165, 1.54) is 31.3 Å². The van der Waals surface area contributed by atoms with Gasteiger partial charge in [-0.15, -0.1) is 11.3 Å². The molecule has 1 aromatic carbocycles. The van der Waals surface area contributed by atoms with E-state index in [1.807, 2.05) is 27.7 Å². The number of amides is 7. The number of aliphatic carboxylic acids is 1. The van der Waals surface area contributed by atoms with Crippen molar-refractivity contribution in [3.8, 4) is 17.6 Å². The second-order valence-electron chi connectivity index (χ2n) is 22.5. The van der Waals surface area contributed by atoms with Crippen LogP contribution < -0.4 is 36.6 Å². The number of esters is 1. The summed E-state index contributed by atoms with van der Waals surface area (Å²) in [5, 5.41) is 29.1. The van der Waals surface area contributed by atoms with Gasteiger partial charge in [0.1, 0.15) is 16.7 Å². The van der Waals surface area contributed by atoms with Crippen LogP contribution in [0.4, 0.5) is 10.5 Å². The molecule has 6 atom stereocenters. The van der Waals surface area contributed by atoms with Crippen LogP contribution in [0, 0.1) is 29.6 Å². The Morgan fingerprint density at radius 1 is 0.770 bits per heavy atom. The summed E-state index contributed by atoms with van der Waals surface area (Å²) < 4.78 is 33.8. The molecule has 1 aliphatic heterocycles. The van der Waals surface area contributed by atoms with Crippen LogP contribution in [0.15, 0.2) is 23.6 Å². The lowest BCUT2D eigenvalue weighted by atomic mass is 9.92. The van der Waals surface area contributed by atoms with Crippen LogP contribution in [0.3, 0.4) is 0 Å². The highest BCUT2D eigenvalue weighted by molar-refractivity contribution is 7.09. The maximum Gasteiger partial charge on any atom is 0.409 e. The smallest absolute Gasteiger partial charge is 0.409 e. The van der Waals surface area contributed by atoms with Crippen LogP contribution in [0.2, 0.25) is 0 Å². The summed E-state index contributed by atoms with van der Waals surface area (Å²) in [6, 6.07) is 2.93. The van der Waals surface area contributed by atoms with Gasteiger partial charge in [-0.05, 0) is 83.2 Å². The molecule has 2 heterocycles. The number of carboxylic acids is 1. The fraction of sp³-hybridized carbons (Fsp3) is 0.667. The third kappa shape index (κ3) is 27.3. The summed E-state index contributed by atoms with van der Waals surface area (Å²) >= 11 is 1.09. The molecule has 1 aliphatic rings. The molecule has 0 fully saturated rings. The summed E-state index contributed by atoms with van der Waals surface area (Å²) in [5.74, 6) is -1.05. The Morgan fingerprint density at radius 2 is 1.36 bits per heavy atom. The van der Waals surface area contributed by atoms with E-state index < -0.39 is 71.4 Å². The number of fused-ring (bicyclic) bond motifs is 1. The fourth-order valence-corrected chi connectivity index (χ4v) is 9.29. The molecule has 3 rings (SSSR count). The zero-order valence-corrected chi connectivity index (χ0v) is 53.6. The summed E-state index contributed by atoms with van der Waals surface area (Å²) in [5.41, 5.74) is 0.187. The van der Waals surface area contributed by atoms with E-state index >= 15 is 0 Å². The molecule has 87 heavy (non-hydrogen) atoms. The maximum absolute atomic E-state index is 14.5. The van der Waals surface area contributed by atoms with Gasteiger partial charge >= 0.3 is 18.0 Å². The number of carboxylic acid groups (broad SMARTS) is 1. The Morgan fingerprint density at radius 3 is 1.92 bits per heavy atom. The maximum atomic E-state index is 14.5. The van der Waals surface area contributed by atoms with Crippen LogP contribution in [0.5, 0.6) is 5.75 Å². The molecule has 0 saturated heterocycles. The van der Waals surface area contributed by atoms with Gasteiger partial charge in [-0.2, -0.15) is 0 Å². The van der Waals surface area contributed by atoms with Crippen molar-refractivity contribution in [2.75, 3.05) is 120 Å². The Labute approximate surface area is 515 Å². The van der Waals surface area contributed by atoms with Gasteiger partial charge in [0.15, 0.2) is 11.9 Å². The van der Waals surface area contributed by atoms with Crippen LogP contribution in [-0.4, -0.2) is 216 Å². The van der Waals surface area contributed by atoms with Gasteiger partial charge < -0.3 is 75.2 Å². The monoisotopic (exact) mass is 1240 g/mol. The third-order valence-corrected chi connectivity index (χ3v) is 15.5. The van der Waals surface area contributed by atoms with E-state index in [0.717, 1.165) is 11.3 Å². The van der Waals surface area contributed by atoms with Crippen molar-refractivity contribution < 1.29 is 76.7 Å². The van der Waals surface area contributed by atoms with Crippen LogP contribution in [0.1, 0.15) is 121 Å². The first-order valence-electron chi connectivity index (χ1n) is 29.6. The van der Waals surface area contributed by atoms with E-state index in [9.17, 15) is 48.3 Å². The first-order chi connectivity index (χ1) is 41.2. The van der Waals surface area contributed by atoms with Gasteiger partial charge in [-0.1, -0.05) is 47.1 Å². The Kier molecular flexibility index (Phi) is 33.3. The second kappa shape index (κ2) is 39.0. The number of anilines is 1. The molecule has 0 aliphatic carbocycles. The van der Waals surface area contributed by atoms with E-state index in [-0.39, 0.29) is 144 Å². The van der Waals surface area contributed by atoms with Crippen molar-refractivity contribution in [1.82, 2.24) is 46.3 Å². The molecule has 0 spiro atoms. The summed E-state index contributed by atoms with van der Waals surface area (Å²) in [4.78, 5) is 127. The number of aromatic nitrogens is 1.